The third kappa shape index (κ3) is 1.98. The van der Waals surface area contributed by atoms with Gasteiger partial charge in [0.05, 0.1) is 0 Å². The van der Waals surface area contributed by atoms with Crippen molar-refractivity contribution in [3.05, 3.63) is 0 Å². The first-order valence-electron chi connectivity index (χ1n) is 4.53. The minimum absolute atomic E-state index is 0.401. The van der Waals surface area contributed by atoms with E-state index in [-0.39, 0.29) is 0 Å². The van der Waals surface area contributed by atoms with E-state index in [2.05, 4.69) is 0 Å². The fourth-order valence-electron chi connectivity index (χ4n) is 1.88. The molecule has 13 heavy (non-hydrogen) atoms. The zero-order chi connectivity index (χ0) is 10.1. The molecule has 1 fully saturated rings. The molecule has 0 saturated heterocycles. The van der Waals surface area contributed by atoms with E-state index in [1.54, 1.807) is 0 Å². The van der Waals surface area contributed by atoms with E-state index < -0.39 is 23.7 Å². The summed E-state index contributed by atoms with van der Waals surface area (Å²) in [5.41, 5.74) is -0.401. The standard InChI is InChI=1S/C9H14F2O2/c1-2-8(4-3-5-8)6-9(10,11)7(12)13/h2-6H2,1H3,(H,12,13). The Kier molecular flexibility index (Phi) is 2.59. The second kappa shape index (κ2) is 3.24. The van der Waals surface area contributed by atoms with E-state index in [0.717, 1.165) is 19.3 Å². The smallest absolute Gasteiger partial charge is 0.374 e. The summed E-state index contributed by atoms with van der Waals surface area (Å²) in [6.45, 7) is 1.84. The highest BCUT2D eigenvalue weighted by Crippen LogP contribution is 2.50. The molecule has 1 rings (SSSR count). The molecule has 76 valence electrons. The summed E-state index contributed by atoms with van der Waals surface area (Å²) in [5, 5.41) is 8.27. The Morgan fingerprint density at radius 1 is 1.54 bits per heavy atom. The number of carboxylic acid groups (broad SMARTS) is 1. The average molecular weight is 192 g/mol. The van der Waals surface area contributed by atoms with Crippen molar-refractivity contribution in [1.29, 1.82) is 0 Å². The van der Waals surface area contributed by atoms with Gasteiger partial charge in [-0.05, 0) is 18.3 Å². The highest BCUT2D eigenvalue weighted by molar-refractivity contribution is 5.75. The van der Waals surface area contributed by atoms with Gasteiger partial charge in [-0.3, -0.25) is 0 Å². The fourth-order valence-corrected chi connectivity index (χ4v) is 1.88. The third-order valence-electron chi connectivity index (χ3n) is 3.07. The Bertz CT molecular complexity index is 204. The number of hydrogen-bond acceptors (Lipinski definition) is 1. The monoisotopic (exact) mass is 192 g/mol. The molecule has 4 heteroatoms. The Morgan fingerprint density at radius 3 is 2.31 bits per heavy atom. The van der Waals surface area contributed by atoms with Crippen LogP contribution in [0.2, 0.25) is 0 Å². The molecule has 0 atom stereocenters. The van der Waals surface area contributed by atoms with Crippen molar-refractivity contribution in [1.82, 2.24) is 0 Å². The van der Waals surface area contributed by atoms with Gasteiger partial charge in [-0.2, -0.15) is 8.78 Å². The van der Waals surface area contributed by atoms with Crippen LogP contribution in [0.5, 0.6) is 0 Å². The van der Waals surface area contributed by atoms with Gasteiger partial charge in [0.25, 0.3) is 0 Å². The lowest BCUT2D eigenvalue weighted by molar-refractivity contribution is -0.172. The molecule has 0 heterocycles. The molecule has 0 aromatic heterocycles. The van der Waals surface area contributed by atoms with Crippen LogP contribution in [0.4, 0.5) is 8.78 Å². The van der Waals surface area contributed by atoms with Gasteiger partial charge in [0, 0.05) is 6.42 Å². The molecular formula is C9H14F2O2. The zero-order valence-corrected chi connectivity index (χ0v) is 7.65. The minimum Gasteiger partial charge on any atom is -0.477 e. The summed E-state index contributed by atoms with van der Waals surface area (Å²) in [6, 6.07) is 0. The molecule has 1 aliphatic rings. The summed E-state index contributed by atoms with van der Waals surface area (Å²) >= 11 is 0. The molecule has 1 aliphatic carbocycles. The molecule has 0 bridgehead atoms. The van der Waals surface area contributed by atoms with E-state index in [1.807, 2.05) is 6.92 Å². The van der Waals surface area contributed by atoms with E-state index in [1.165, 1.54) is 0 Å². The molecule has 0 radical (unpaired) electrons. The first-order valence-corrected chi connectivity index (χ1v) is 4.53. The first-order chi connectivity index (χ1) is 5.92. The Labute approximate surface area is 75.9 Å². The average Bonchev–Trinajstić information content (AvgIpc) is 1.96. The molecule has 0 unspecified atom stereocenters. The number of aliphatic carboxylic acids is 1. The summed E-state index contributed by atoms with van der Waals surface area (Å²) in [6.07, 6.45) is 2.59. The fraction of sp³-hybridized carbons (Fsp3) is 0.889. The van der Waals surface area contributed by atoms with Crippen molar-refractivity contribution in [3.63, 3.8) is 0 Å². The van der Waals surface area contributed by atoms with Crippen molar-refractivity contribution in [3.8, 4) is 0 Å². The van der Waals surface area contributed by atoms with Crippen molar-refractivity contribution in [2.24, 2.45) is 5.41 Å². The minimum atomic E-state index is -3.55. The molecule has 0 amide bonds. The SMILES string of the molecule is CCC1(CC(F)(F)C(=O)O)CCC1. The number of carbonyl (C=O) groups is 1. The van der Waals surface area contributed by atoms with Crippen LogP contribution in [0.3, 0.4) is 0 Å². The molecule has 0 spiro atoms. The van der Waals surface area contributed by atoms with E-state index in [0.29, 0.717) is 6.42 Å². The summed E-state index contributed by atoms with van der Waals surface area (Å²) in [5.74, 6) is -5.54. The molecule has 2 nitrogen and oxygen atoms in total. The number of alkyl halides is 2. The molecule has 0 aliphatic heterocycles. The highest BCUT2D eigenvalue weighted by Gasteiger charge is 2.49. The van der Waals surface area contributed by atoms with Crippen molar-refractivity contribution >= 4 is 5.97 Å². The van der Waals surface area contributed by atoms with Crippen LogP contribution in [0.1, 0.15) is 39.0 Å². The van der Waals surface area contributed by atoms with Gasteiger partial charge in [0.1, 0.15) is 0 Å². The summed E-state index contributed by atoms with van der Waals surface area (Å²) in [7, 11) is 0. The Hall–Kier alpha value is -0.670. The Morgan fingerprint density at radius 2 is 2.08 bits per heavy atom. The topological polar surface area (TPSA) is 37.3 Å². The zero-order valence-electron chi connectivity index (χ0n) is 7.65. The molecule has 1 N–H and O–H groups in total. The second-order valence-electron chi connectivity index (χ2n) is 3.89. The number of rotatable bonds is 4. The Balaban J connectivity index is 2.60. The number of hydrogen-bond donors (Lipinski definition) is 1. The quantitative estimate of drug-likeness (QED) is 0.743. The van der Waals surface area contributed by atoms with E-state index >= 15 is 0 Å². The lowest BCUT2D eigenvalue weighted by atomic mass is 9.64. The maximum Gasteiger partial charge on any atom is 0.374 e. The van der Waals surface area contributed by atoms with Crippen LogP contribution in [-0.2, 0) is 4.79 Å². The molecular weight excluding hydrogens is 178 g/mol. The van der Waals surface area contributed by atoms with Crippen molar-refractivity contribution in [2.45, 2.75) is 45.0 Å². The lowest BCUT2D eigenvalue weighted by Crippen LogP contribution is -2.40. The number of halogens is 2. The van der Waals surface area contributed by atoms with Crippen LogP contribution in [0, 0.1) is 5.41 Å². The predicted molar refractivity (Wildman–Crippen MR) is 43.8 cm³/mol. The van der Waals surface area contributed by atoms with Crippen LogP contribution < -0.4 is 0 Å². The van der Waals surface area contributed by atoms with Gasteiger partial charge >= 0.3 is 11.9 Å². The van der Waals surface area contributed by atoms with Crippen LogP contribution in [0.15, 0.2) is 0 Å². The predicted octanol–water partition coefficient (Wildman–Crippen LogP) is 2.68. The summed E-state index contributed by atoms with van der Waals surface area (Å²) in [4.78, 5) is 10.2. The van der Waals surface area contributed by atoms with Gasteiger partial charge in [-0.15, -0.1) is 0 Å². The van der Waals surface area contributed by atoms with Gasteiger partial charge in [-0.25, -0.2) is 4.79 Å². The van der Waals surface area contributed by atoms with Gasteiger partial charge < -0.3 is 5.11 Å². The van der Waals surface area contributed by atoms with Crippen LogP contribution >= 0.6 is 0 Å². The summed E-state index contributed by atoms with van der Waals surface area (Å²) < 4.78 is 25.7. The maximum absolute atomic E-state index is 12.9. The lowest BCUT2D eigenvalue weighted by Gasteiger charge is -2.42. The molecule has 0 aromatic carbocycles. The molecule has 1 saturated carbocycles. The van der Waals surface area contributed by atoms with E-state index in [4.69, 9.17) is 5.11 Å². The van der Waals surface area contributed by atoms with Gasteiger partial charge in [-0.1, -0.05) is 19.8 Å². The first kappa shape index (κ1) is 10.4. The molecule has 0 aromatic rings. The van der Waals surface area contributed by atoms with E-state index in [9.17, 15) is 13.6 Å². The second-order valence-corrected chi connectivity index (χ2v) is 3.89. The van der Waals surface area contributed by atoms with Crippen molar-refractivity contribution < 1.29 is 18.7 Å². The van der Waals surface area contributed by atoms with Gasteiger partial charge in [0.15, 0.2) is 0 Å². The number of carboxylic acids is 1. The third-order valence-corrected chi connectivity index (χ3v) is 3.07. The van der Waals surface area contributed by atoms with Crippen LogP contribution in [0.25, 0.3) is 0 Å². The van der Waals surface area contributed by atoms with Crippen molar-refractivity contribution in [2.75, 3.05) is 0 Å². The largest absolute Gasteiger partial charge is 0.477 e. The van der Waals surface area contributed by atoms with Gasteiger partial charge in [0.2, 0.25) is 0 Å². The van der Waals surface area contributed by atoms with Crippen LogP contribution in [-0.4, -0.2) is 17.0 Å². The normalized spacial score (nSPS) is 20.8. The maximum atomic E-state index is 12.9. The highest BCUT2D eigenvalue weighted by atomic mass is 19.3.